The molecule has 21 heteroatoms. The monoisotopic (exact) mass is 1170 g/mol. The average molecular weight is 1170 g/mol. The zero-order valence-corrected chi connectivity index (χ0v) is 49.4. The van der Waals surface area contributed by atoms with Crippen LogP contribution in [-0.2, 0) is 14.3 Å². The van der Waals surface area contributed by atoms with Gasteiger partial charge in [-0.3, -0.25) is 29.7 Å². The van der Waals surface area contributed by atoms with Gasteiger partial charge in [-0.15, -0.1) is 6.42 Å². The molecule has 1 spiro atoms. The van der Waals surface area contributed by atoms with Crippen LogP contribution in [0.3, 0.4) is 0 Å². The second kappa shape index (κ2) is 23.5. The number of nitrogens with one attached hydrogen (secondary N) is 1. The number of ether oxygens (including phenoxy) is 5. The summed E-state index contributed by atoms with van der Waals surface area (Å²) in [5.74, 6) is 2.61. The zero-order chi connectivity index (χ0) is 59.4. The van der Waals surface area contributed by atoms with E-state index >= 15 is 8.78 Å². The van der Waals surface area contributed by atoms with Gasteiger partial charge in [0.25, 0.3) is 5.91 Å². The highest BCUT2D eigenvalue weighted by molar-refractivity contribution is 6.07. The summed E-state index contributed by atoms with van der Waals surface area (Å²) in [6.45, 7) is 14.2. The maximum Gasteiger partial charge on any atom is 0.410 e. The maximum absolute atomic E-state index is 17.7. The van der Waals surface area contributed by atoms with Crippen LogP contribution in [0.4, 0.5) is 29.9 Å². The molecule has 12 rings (SSSR count). The van der Waals surface area contributed by atoms with Crippen molar-refractivity contribution < 1.29 is 51.6 Å². The Morgan fingerprint density at radius 3 is 2.25 bits per heavy atom. The summed E-state index contributed by atoms with van der Waals surface area (Å²) in [5, 5.41) is 3.56. The molecule has 5 aliphatic heterocycles. The number of carbonyl (C=O) groups is 4. The fourth-order valence-electron chi connectivity index (χ4n) is 14.0. The predicted octanol–water partition coefficient (Wildman–Crippen LogP) is 9.02. The number of rotatable bonds is 15. The normalized spacial score (nSPS) is 21.8. The van der Waals surface area contributed by atoms with Gasteiger partial charge in [-0.25, -0.2) is 18.4 Å². The van der Waals surface area contributed by atoms with Crippen molar-refractivity contribution in [3.63, 3.8) is 0 Å². The van der Waals surface area contributed by atoms with Crippen molar-refractivity contribution in [3.8, 4) is 41.1 Å². The van der Waals surface area contributed by atoms with Gasteiger partial charge in [0.2, 0.25) is 5.91 Å². The molecule has 1 N–H and O–H groups in total. The van der Waals surface area contributed by atoms with Crippen molar-refractivity contribution in [1.82, 2.24) is 39.9 Å². The number of piperidine rings is 1. The van der Waals surface area contributed by atoms with Crippen LogP contribution in [0.5, 0.6) is 17.5 Å². The molecule has 7 aliphatic rings. The Bertz CT molecular complexity index is 3440. The number of imide groups is 1. The number of aromatic nitrogens is 3. The van der Waals surface area contributed by atoms with E-state index in [2.05, 4.69) is 25.9 Å². The number of halogens is 2. The van der Waals surface area contributed by atoms with Gasteiger partial charge in [-0.2, -0.15) is 9.97 Å². The minimum absolute atomic E-state index is 0.0120. The molecule has 2 unspecified atom stereocenters. The highest BCUT2D eigenvalue weighted by Gasteiger charge is 2.48. The number of hydrogen-bond donors (Lipinski definition) is 1. The van der Waals surface area contributed by atoms with Crippen LogP contribution in [-0.4, -0.2) is 176 Å². The van der Waals surface area contributed by atoms with Crippen molar-refractivity contribution in [3.05, 3.63) is 71.4 Å². The fraction of sp³-hybridized carbons (Fsp3) is 0.547. The molecular formula is C64H76F2N10O9. The molecule has 85 heavy (non-hydrogen) atoms. The van der Waals surface area contributed by atoms with Crippen LogP contribution in [0.25, 0.3) is 32.9 Å². The summed E-state index contributed by atoms with van der Waals surface area (Å²) in [5.41, 5.74) is 0.544. The molecule has 7 fully saturated rings. The van der Waals surface area contributed by atoms with Crippen LogP contribution in [0.15, 0.2) is 48.7 Å². The number of hydrogen-bond acceptors (Lipinski definition) is 15. The fourth-order valence-corrected chi connectivity index (χ4v) is 14.0. The van der Waals surface area contributed by atoms with Crippen LogP contribution in [0, 0.1) is 40.7 Å². The molecule has 2 aliphatic carbocycles. The third-order valence-corrected chi connectivity index (χ3v) is 18.9. The van der Waals surface area contributed by atoms with E-state index in [0.29, 0.717) is 83.4 Å². The van der Waals surface area contributed by atoms with E-state index in [1.165, 1.54) is 50.9 Å². The number of nitrogens with zero attached hydrogens (tertiary/aromatic N) is 9. The van der Waals surface area contributed by atoms with E-state index in [4.69, 9.17) is 45.1 Å². The Morgan fingerprint density at radius 2 is 1.58 bits per heavy atom. The lowest BCUT2D eigenvalue weighted by Gasteiger charge is -2.47. The Labute approximate surface area is 494 Å². The number of carbonyl (C=O) groups excluding carboxylic acids is 4. The smallest absolute Gasteiger partial charge is 0.410 e. The van der Waals surface area contributed by atoms with Crippen molar-refractivity contribution in [2.24, 2.45) is 16.7 Å². The lowest BCUT2D eigenvalue weighted by molar-refractivity contribution is -0.120. The van der Waals surface area contributed by atoms with Crippen LogP contribution >= 0.6 is 0 Å². The number of benzene rings is 3. The quantitative estimate of drug-likeness (QED) is 0.0773. The first kappa shape index (κ1) is 58.0. The first-order chi connectivity index (χ1) is 40.9. The standard InChI is InChI=1S/C64H76F2N10O9/c1-7-46-49(65)12-8-41-30-45(84-39-81-5)32-47(53(41)46)55-54(66)56-48(33-67-55)57(74-35-43-10-11-44(36-74)76(43)61(80)85-62(2,3)4)70-59(69-56)83-38-64(19-20-64)37-72-28-26-71(27-29-72)34-40-14-17-63(18-15-40)21-24-73(25-22-63)58(78)42-9-13-51(82-6)50(31-42)75-23-16-52(77)68-60(75)79/h1,8-9,12-13,30-33,40,43-44H,10-11,14-29,34-39H2,2-6H3,(H,68,77,79). The van der Waals surface area contributed by atoms with Gasteiger partial charge in [-0.05, 0) is 138 Å². The molecule has 450 valence electrons. The zero-order valence-electron chi connectivity index (χ0n) is 49.4. The lowest BCUT2D eigenvalue weighted by atomic mass is 9.65. The molecule has 2 atom stereocenters. The minimum Gasteiger partial charge on any atom is -0.495 e. The van der Waals surface area contributed by atoms with Gasteiger partial charge in [-0.1, -0.05) is 12.0 Å². The minimum atomic E-state index is -0.755. The van der Waals surface area contributed by atoms with Gasteiger partial charge in [0.05, 0.1) is 42.4 Å². The summed E-state index contributed by atoms with van der Waals surface area (Å²) in [7, 11) is 3.02. The SMILES string of the molecule is C#Cc1c(F)ccc2cc(OCOC)cc(-c3ncc4c(N5CC6CCC(C5)N6C(=O)OC(C)(C)C)nc(OCC5(CN6CCN(CC7CCC8(CC7)CCN(C(=O)c7ccc(OC)c(N9CCC(=O)NC9=O)c7)CC8)CC6)CC5)nc4c3F)c12. The molecule has 2 bridgehead atoms. The molecule has 5 amide bonds. The Balaban J connectivity index is 0.690. The Kier molecular flexibility index (Phi) is 16.0. The summed E-state index contributed by atoms with van der Waals surface area (Å²) in [6.07, 6.45) is 17.5. The molecular weight excluding hydrogens is 1090 g/mol. The highest BCUT2D eigenvalue weighted by Crippen LogP contribution is 2.49. The largest absolute Gasteiger partial charge is 0.495 e. The number of methoxy groups -OCH3 is 2. The lowest BCUT2D eigenvalue weighted by Crippen LogP contribution is -2.57. The molecule has 2 aromatic heterocycles. The molecule has 3 aromatic carbocycles. The average Bonchev–Trinajstić information content (AvgIpc) is 2.53. The molecule has 7 heterocycles. The third kappa shape index (κ3) is 12.0. The topological polar surface area (TPSA) is 185 Å². The number of urea groups is 1. The van der Waals surface area contributed by atoms with E-state index in [0.717, 1.165) is 77.8 Å². The number of pyridine rings is 1. The Morgan fingerprint density at radius 1 is 0.847 bits per heavy atom. The maximum atomic E-state index is 17.7. The molecule has 0 radical (unpaired) electrons. The van der Waals surface area contributed by atoms with Crippen LogP contribution in [0.1, 0.15) is 107 Å². The van der Waals surface area contributed by atoms with Gasteiger partial charge in [0, 0.05) is 114 Å². The number of terminal acetylenes is 1. The Hall–Kier alpha value is -7.41. The van der Waals surface area contributed by atoms with Crippen LogP contribution < -0.4 is 29.3 Å². The van der Waals surface area contributed by atoms with Crippen molar-refractivity contribution in [1.29, 1.82) is 0 Å². The number of likely N-dealkylation sites (tertiary alicyclic amines) is 1. The molecule has 5 saturated heterocycles. The third-order valence-electron chi connectivity index (χ3n) is 18.9. The van der Waals surface area contributed by atoms with E-state index in [9.17, 15) is 19.2 Å². The van der Waals surface area contributed by atoms with Gasteiger partial charge in [0.1, 0.15) is 39.9 Å². The number of piperazine rings is 2. The number of anilines is 2. The first-order valence-electron chi connectivity index (χ1n) is 30.1. The first-order valence-corrected chi connectivity index (χ1v) is 30.1. The summed E-state index contributed by atoms with van der Waals surface area (Å²) in [6, 6.07) is 10.5. The van der Waals surface area contributed by atoms with Crippen molar-refractivity contribution in [2.45, 2.75) is 109 Å². The van der Waals surface area contributed by atoms with E-state index in [1.54, 1.807) is 42.6 Å². The predicted molar refractivity (Wildman–Crippen MR) is 316 cm³/mol. The van der Waals surface area contributed by atoms with E-state index < -0.39 is 23.3 Å². The number of fused-ring (bicyclic) bond motifs is 4. The summed E-state index contributed by atoms with van der Waals surface area (Å²) < 4.78 is 62.1. The van der Waals surface area contributed by atoms with Gasteiger partial charge < -0.3 is 43.3 Å². The highest BCUT2D eigenvalue weighted by atomic mass is 19.1. The second-order valence-electron chi connectivity index (χ2n) is 25.6. The number of amides is 5. The van der Waals surface area contributed by atoms with Crippen LogP contribution in [0.2, 0.25) is 0 Å². The summed E-state index contributed by atoms with van der Waals surface area (Å²) >= 11 is 0. The van der Waals surface area contributed by atoms with E-state index in [-0.39, 0.29) is 88.9 Å². The molecule has 5 aromatic rings. The van der Waals surface area contributed by atoms with Gasteiger partial charge in [0.15, 0.2) is 12.6 Å². The second-order valence-corrected chi connectivity index (χ2v) is 25.6. The van der Waals surface area contributed by atoms with Gasteiger partial charge >= 0.3 is 18.1 Å². The molecule has 19 nitrogen and oxygen atoms in total. The summed E-state index contributed by atoms with van der Waals surface area (Å²) in [4.78, 5) is 78.9. The van der Waals surface area contributed by atoms with E-state index in [1.807, 2.05) is 30.6 Å². The molecule has 2 saturated carbocycles. The van der Waals surface area contributed by atoms with Crippen molar-refractivity contribution in [2.75, 3.05) is 109 Å². The van der Waals surface area contributed by atoms with Crippen molar-refractivity contribution >= 4 is 57.1 Å².